The summed E-state index contributed by atoms with van der Waals surface area (Å²) in [6.45, 7) is 2.22. The quantitative estimate of drug-likeness (QED) is 0.533. The van der Waals surface area contributed by atoms with E-state index in [0.29, 0.717) is 23.2 Å². The molecule has 0 bridgehead atoms. The average Bonchev–Trinajstić information content (AvgIpc) is 3.59. The van der Waals surface area contributed by atoms with E-state index >= 15 is 0 Å². The average molecular weight is 423 g/mol. The number of alkyl halides is 3. The predicted octanol–water partition coefficient (Wildman–Crippen LogP) is 4.92. The summed E-state index contributed by atoms with van der Waals surface area (Å²) in [5.74, 6) is 1.37. The Kier molecular flexibility index (Phi) is 5.32. The van der Waals surface area contributed by atoms with Crippen LogP contribution in [-0.4, -0.2) is 33.7 Å². The van der Waals surface area contributed by atoms with Crippen molar-refractivity contribution >= 4 is 5.78 Å². The number of pyridine rings is 1. The number of Topliss-reactive ketones (excluding diaryl/α,β-unsaturated/α-hetero) is 1. The van der Waals surface area contributed by atoms with Gasteiger partial charge in [-0.05, 0) is 31.1 Å². The molecule has 0 aromatic carbocycles. The summed E-state index contributed by atoms with van der Waals surface area (Å²) in [7, 11) is 0. The SMILES string of the molecule is Cc1nc([C@@](C)(CC(=O)c2cc(OCC(F)(F)F)c(C3CC3)cn2)CC2CC2)no1. The minimum atomic E-state index is -4.45. The summed E-state index contributed by atoms with van der Waals surface area (Å²) in [5, 5.41) is 4.03. The van der Waals surface area contributed by atoms with Gasteiger partial charge >= 0.3 is 6.18 Å². The van der Waals surface area contributed by atoms with Crippen molar-refractivity contribution in [3.05, 3.63) is 35.2 Å². The van der Waals surface area contributed by atoms with Gasteiger partial charge in [0.2, 0.25) is 5.89 Å². The van der Waals surface area contributed by atoms with Gasteiger partial charge in [0.1, 0.15) is 11.4 Å². The first-order valence-electron chi connectivity index (χ1n) is 10.2. The maximum atomic E-state index is 13.1. The Hall–Kier alpha value is -2.45. The lowest BCUT2D eigenvalue weighted by molar-refractivity contribution is -0.153. The number of aromatic nitrogens is 3. The van der Waals surface area contributed by atoms with E-state index in [9.17, 15) is 18.0 Å². The van der Waals surface area contributed by atoms with Crippen molar-refractivity contribution in [2.24, 2.45) is 5.92 Å². The number of hydrogen-bond acceptors (Lipinski definition) is 6. The zero-order valence-corrected chi connectivity index (χ0v) is 17.0. The van der Waals surface area contributed by atoms with E-state index in [1.54, 1.807) is 6.92 Å². The Morgan fingerprint density at radius 3 is 2.57 bits per heavy atom. The van der Waals surface area contributed by atoms with Gasteiger partial charge in [0, 0.05) is 36.6 Å². The van der Waals surface area contributed by atoms with Gasteiger partial charge in [0.05, 0.1) is 0 Å². The van der Waals surface area contributed by atoms with Crippen LogP contribution in [0.15, 0.2) is 16.8 Å². The van der Waals surface area contributed by atoms with Crippen LogP contribution >= 0.6 is 0 Å². The maximum absolute atomic E-state index is 13.1. The van der Waals surface area contributed by atoms with Crippen LogP contribution in [0.2, 0.25) is 0 Å². The van der Waals surface area contributed by atoms with Crippen molar-refractivity contribution in [3.63, 3.8) is 0 Å². The summed E-state index contributed by atoms with van der Waals surface area (Å²) in [6, 6.07) is 1.35. The largest absolute Gasteiger partial charge is 0.484 e. The van der Waals surface area contributed by atoms with E-state index in [1.807, 2.05) is 6.92 Å². The normalized spacial score (nSPS) is 18.8. The monoisotopic (exact) mass is 423 g/mol. The Morgan fingerprint density at radius 1 is 1.27 bits per heavy atom. The number of aryl methyl sites for hydroxylation is 1. The summed E-state index contributed by atoms with van der Waals surface area (Å²) in [5.41, 5.74) is 0.101. The minimum Gasteiger partial charge on any atom is -0.484 e. The second-order valence-electron chi connectivity index (χ2n) is 8.73. The molecule has 6 nitrogen and oxygen atoms in total. The Labute approximate surface area is 172 Å². The summed E-state index contributed by atoms with van der Waals surface area (Å²) >= 11 is 0. The summed E-state index contributed by atoms with van der Waals surface area (Å²) < 4.78 is 48.1. The van der Waals surface area contributed by atoms with Crippen LogP contribution in [-0.2, 0) is 5.41 Å². The van der Waals surface area contributed by atoms with Crippen molar-refractivity contribution < 1.29 is 27.2 Å². The molecule has 2 aromatic heterocycles. The fraction of sp³-hybridized carbons (Fsp3) is 0.619. The molecular weight excluding hydrogens is 399 g/mol. The molecule has 9 heteroatoms. The van der Waals surface area contributed by atoms with Crippen LogP contribution in [0.1, 0.15) is 79.1 Å². The Morgan fingerprint density at radius 2 is 2.00 bits per heavy atom. The van der Waals surface area contributed by atoms with Gasteiger partial charge in [0.25, 0.3) is 0 Å². The number of rotatable bonds is 9. The van der Waals surface area contributed by atoms with Crippen LogP contribution in [0.25, 0.3) is 0 Å². The number of carbonyl (C=O) groups excluding carboxylic acids is 1. The molecule has 0 spiro atoms. The topological polar surface area (TPSA) is 78.1 Å². The molecule has 0 unspecified atom stereocenters. The van der Waals surface area contributed by atoms with Crippen molar-refractivity contribution in [2.75, 3.05) is 6.61 Å². The molecule has 4 rings (SSSR count). The highest BCUT2D eigenvalue weighted by atomic mass is 19.4. The Bertz CT molecular complexity index is 935. The van der Waals surface area contributed by atoms with Gasteiger partial charge in [0.15, 0.2) is 18.2 Å². The number of ketones is 1. The third-order valence-corrected chi connectivity index (χ3v) is 5.64. The predicted molar refractivity (Wildman–Crippen MR) is 100 cm³/mol. The van der Waals surface area contributed by atoms with E-state index in [-0.39, 0.29) is 29.6 Å². The van der Waals surface area contributed by atoms with Crippen LogP contribution in [0.4, 0.5) is 13.2 Å². The first-order chi connectivity index (χ1) is 14.1. The minimum absolute atomic E-state index is 0.0903. The van der Waals surface area contributed by atoms with Crippen molar-refractivity contribution in [2.45, 2.75) is 69.9 Å². The molecule has 30 heavy (non-hydrogen) atoms. The van der Waals surface area contributed by atoms with Crippen LogP contribution in [0.5, 0.6) is 5.75 Å². The van der Waals surface area contributed by atoms with Crippen LogP contribution in [0, 0.1) is 12.8 Å². The van der Waals surface area contributed by atoms with Gasteiger partial charge in [-0.25, -0.2) is 0 Å². The van der Waals surface area contributed by atoms with Gasteiger partial charge in [-0.1, -0.05) is 24.9 Å². The third kappa shape index (κ3) is 4.99. The molecule has 2 fully saturated rings. The van der Waals surface area contributed by atoms with Crippen LogP contribution in [0.3, 0.4) is 0 Å². The fourth-order valence-corrected chi connectivity index (χ4v) is 3.78. The molecule has 2 saturated carbocycles. The zero-order valence-electron chi connectivity index (χ0n) is 17.0. The number of hydrogen-bond donors (Lipinski definition) is 0. The highest BCUT2D eigenvalue weighted by Crippen LogP contribution is 2.45. The number of halogens is 3. The molecule has 0 amide bonds. The number of nitrogens with zero attached hydrogens (tertiary/aromatic N) is 3. The number of ether oxygens (including phenoxy) is 1. The first-order valence-corrected chi connectivity index (χ1v) is 10.2. The van der Waals surface area contributed by atoms with Gasteiger partial charge in [-0.3, -0.25) is 9.78 Å². The lowest BCUT2D eigenvalue weighted by Gasteiger charge is -2.25. The molecule has 0 N–H and O–H groups in total. The standard InChI is InChI=1S/C21H24F3N3O3/c1-12-26-19(27-30-12)20(2,8-13-3-4-13)9-17(28)16-7-18(29-11-21(22,23)24)15(10-25-16)14-5-6-14/h7,10,13-14H,3-6,8-9,11H2,1-2H3/t20-/m1/s1. The second kappa shape index (κ2) is 7.67. The zero-order chi connectivity index (χ0) is 21.5. The smallest absolute Gasteiger partial charge is 0.422 e. The summed E-state index contributed by atoms with van der Waals surface area (Å²) in [6.07, 6.45) is 1.84. The first kappa shape index (κ1) is 20.8. The van der Waals surface area contributed by atoms with Crippen molar-refractivity contribution in [3.8, 4) is 5.75 Å². The maximum Gasteiger partial charge on any atom is 0.422 e. The van der Waals surface area contributed by atoms with E-state index in [2.05, 4.69) is 15.1 Å². The van der Waals surface area contributed by atoms with Crippen molar-refractivity contribution in [1.82, 2.24) is 15.1 Å². The second-order valence-corrected chi connectivity index (χ2v) is 8.73. The van der Waals surface area contributed by atoms with E-state index < -0.39 is 18.2 Å². The lowest BCUT2D eigenvalue weighted by atomic mass is 9.78. The highest BCUT2D eigenvalue weighted by Gasteiger charge is 2.40. The molecule has 1 atom stereocenters. The highest BCUT2D eigenvalue weighted by molar-refractivity contribution is 5.95. The van der Waals surface area contributed by atoms with E-state index in [1.165, 1.54) is 12.3 Å². The van der Waals surface area contributed by atoms with E-state index in [4.69, 9.17) is 9.26 Å². The molecule has 0 radical (unpaired) electrons. The van der Waals surface area contributed by atoms with Gasteiger partial charge in [-0.15, -0.1) is 0 Å². The lowest BCUT2D eigenvalue weighted by Crippen LogP contribution is -2.28. The molecular formula is C21H24F3N3O3. The molecule has 2 heterocycles. The summed E-state index contributed by atoms with van der Waals surface area (Å²) in [4.78, 5) is 21.6. The molecule has 2 aliphatic carbocycles. The molecule has 162 valence electrons. The van der Waals surface area contributed by atoms with E-state index in [0.717, 1.165) is 32.1 Å². The van der Waals surface area contributed by atoms with Gasteiger partial charge in [-0.2, -0.15) is 18.2 Å². The molecule has 2 aromatic rings. The van der Waals surface area contributed by atoms with Crippen LogP contribution < -0.4 is 4.74 Å². The Balaban J connectivity index is 1.56. The molecule has 0 saturated heterocycles. The number of carbonyl (C=O) groups is 1. The third-order valence-electron chi connectivity index (χ3n) is 5.64. The molecule has 0 aliphatic heterocycles. The van der Waals surface area contributed by atoms with Gasteiger partial charge < -0.3 is 9.26 Å². The van der Waals surface area contributed by atoms with Crippen molar-refractivity contribution in [1.29, 1.82) is 0 Å². The fourth-order valence-electron chi connectivity index (χ4n) is 3.78. The molecule has 2 aliphatic rings.